The van der Waals surface area contributed by atoms with Crippen LogP contribution in [0.25, 0.3) is 0 Å². The Balaban J connectivity index is 3.36. The highest BCUT2D eigenvalue weighted by Crippen LogP contribution is 1.97. The molecule has 0 heterocycles. The third kappa shape index (κ3) is 4.70. The summed E-state index contributed by atoms with van der Waals surface area (Å²) in [5.74, 6) is -1.10. The number of carbonyl (C=O) groups excluding carboxylic acids is 1. The molecule has 0 aliphatic rings. The van der Waals surface area contributed by atoms with E-state index in [-0.39, 0.29) is 6.61 Å². The monoisotopic (exact) mass is 166 g/mol. The van der Waals surface area contributed by atoms with E-state index >= 15 is 0 Å². The molecule has 0 aromatic carbocycles. The molecule has 0 bridgehead atoms. The molecule has 0 radical (unpaired) electrons. The van der Waals surface area contributed by atoms with E-state index < -0.39 is 18.8 Å². The van der Waals surface area contributed by atoms with Crippen molar-refractivity contribution in [2.45, 2.75) is 25.9 Å². The maximum Gasteiger partial charge on any atom is 0.343 e. The summed E-state index contributed by atoms with van der Waals surface area (Å²) in [6, 6.07) is 0. The number of unbranched alkanes of at least 4 members (excludes halogenated alkanes) is 1. The van der Waals surface area contributed by atoms with Crippen molar-refractivity contribution < 1.29 is 18.3 Å². The van der Waals surface area contributed by atoms with Gasteiger partial charge in [0.05, 0.1) is 6.61 Å². The third-order valence-electron chi connectivity index (χ3n) is 1.13. The minimum Gasteiger partial charge on any atom is -0.463 e. The van der Waals surface area contributed by atoms with Crippen molar-refractivity contribution in [1.29, 1.82) is 0 Å². The van der Waals surface area contributed by atoms with Crippen LogP contribution in [0.15, 0.2) is 0 Å². The predicted molar refractivity (Wildman–Crippen MR) is 36.7 cm³/mol. The second kappa shape index (κ2) is 6.07. The lowest BCUT2D eigenvalue weighted by atomic mass is 10.3. The summed E-state index contributed by atoms with van der Waals surface area (Å²) in [7, 11) is 0. The van der Waals surface area contributed by atoms with E-state index in [2.05, 4.69) is 4.74 Å². The minimum absolute atomic E-state index is 0.176. The molecule has 0 aliphatic heterocycles. The largest absolute Gasteiger partial charge is 0.463 e. The summed E-state index contributed by atoms with van der Waals surface area (Å²) in [6.45, 7) is 0.788. The Morgan fingerprint density at radius 3 is 2.73 bits per heavy atom. The smallest absolute Gasteiger partial charge is 0.343 e. The van der Waals surface area contributed by atoms with Gasteiger partial charge in [-0.3, -0.25) is 0 Å². The number of alkyl halides is 2. The van der Waals surface area contributed by atoms with Gasteiger partial charge in [0, 0.05) is 0 Å². The molecule has 0 saturated carbocycles. The molecule has 11 heavy (non-hydrogen) atoms. The summed E-state index contributed by atoms with van der Waals surface area (Å²) in [6.07, 6.45) is -0.559. The fourth-order valence-corrected chi connectivity index (χ4v) is 0.471. The van der Waals surface area contributed by atoms with Crippen LogP contribution in [-0.4, -0.2) is 25.4 Å². The van der Waals surface area contributed by atoms with Crippen LogP contribution in [0.1, 0.15) is 19.8 Å². The van der Waals surface area contributed by atoms with Gasteiger partial charge in [-0.05, 0) is 6.42 Å². The van der Waals surface area contributed by atoms with E-state index in [4.69, 9.17) is 0 Å². The Morgan fingerprint density at radius 1 is 1.64 bits per heavy atom. The van der Waals surface area contributed by atoms with Gasteiger partial charge in [0.2, 0.25) is 6.17 Å². The molecule has 0 aromatic rings. The highest BCUT2D eigenvalue weighted by Gasteiger charge is 2.17. The van der Waals surface area contributed by atoms with Crippen LogP contribution in [0, 0.1) is 0 Å². The van der Waals surface area contributed by atoms with Crippen LogP contribution in [0.2, 0.25) is 0 Å². The lowest BCUT2D eigenvalue weighted by Crippen LogP contribution is -2.21. The third-order valence-corrected chi connectivity index (χ3v) is 1.13. The first-order valence-corrected chi connectivity index (χ1v) is 3.59. The highest BCUT2D eigenvalue weighted by molar-refractivity contribution is 5.74. The van der Waals surface area contributed by atoms with Gasteiger partial charge in [-0.25, -0.2) is 13.6 Å². The number of hydrogen-bond acceptors (Lipinski definition) is 2. The average molecular weight is 166 g/mol. The SMILES string of the molecule is CCCCOC(=O)[C@@H](F)CF. The number of halogens is 2. The molecule has 0 aliphatic carbocycles. The van der Waals surface area contributed by atoms with Gasteiger partial charge in [0.15, 0.2) is 0 Å². The van der Waals surface area contributed by atoms with Crippen LogP contribution in [0.3, 0.4) is 0 Å². The molecule has 0 spiro atoms. The van der Waals surface area contributed by atoms with Crippen molar-refractivity contribution in [2.24, 2.45) is 0 Å². The summed E-state index contributed by atoms with van der Waals surface area (Å²) < 4.78 is 28.0. The first-order valence-electron chi connectivity index (χ1n) is 3.59. The first kappa shape index (κ1) is 10.3. The number of esters is 1. The normalized spacial score (nSPS) is 12.6. The van der Waals surface area contributed by atoms with Gasteiger partial charge >= 0.3 is 5.97 Å². The molecule has 0 amide bonds. The van der Waals surface area contributed by atoms with E-state index in [1.807, 2.05) is 6.92 Å². The van der Waals surface area contributed by atoms with Gasteiger partial charge in [0.1, 0.15) is 6.67 Å². The molecule has 66 valence electrons. The van der Waals surface area contributed by atoms with Crippen molar-refractivity contribution in [3.8, 4) is 0 Å². The van der Waals surface area contributed by atoms with E-state index in [1.54, 1.807) is 0 Å². The van der Waals surface area contributed by atoms with Crippen molar-refractivity contribution >= 4 is 5.97 Å². The highest BCUT2D eigenvalue weighted by atomic mass is 19.2. The number of hydrogen-bond donors (Lipinski definition) is 0. The standard InChI is InChI=1S/C7H12F2O2/c1-2-3-4-11-7(10)6(9)5-8/h6H,2-5H2,1H3/t6-/m0/s1. The molecule has 0 rings (SSSR count). The second-order valence-electron chi connectivity index (χ2n) is 2.14. The summed E-state index contributed by atoms with van der Waals surface area (Å²) in [5, 5.41) is 0. The van der Waals surface area contributed by atoms with Crippen molar-refractivity contribution in [3.05, 3.63) is 0 Å². The zero-order chi connectivity index (χ0) is 8.69. The van der Waals surface area contributed by atoms with E-state index in [0.717, 1.165) is 6.42 Å². The Bertz CT molecular complexity index is 117. The molecule has 0 saturated heterocycles. The zero-order valence-corrected chi connectivity index (χ0v) is 6.48. The quantitative estimate of drug-likeness (QED) is 0.458. The molecule has 0 unspecified atom stereocenters. The number of rotatable bonds is 5. The lowest BCUT2D eigenvalue weighted by Gasteiger charge is -2.04. The molecular formula is C7H12F2O2. The average Bonchev–Trinajstić information content (AvgIpc) is 2.03. The Kier molecular flexibility index (Phi) is 5.70. The van der Waals surface area contributed by atoms with Gasteiger partial charge in [-0.15, -0.1) is 0 Å². The van der Waals surface area contributed by atoms with Crippen molar-refractivity contribution in [2.75, 3.05) is 13.3 Å². The molecule has 0 fully saturated rings. The Labute approximate surface area is 64.5 Å². The van der Waals surface area contributed by atoms with Crippen LogP contribution in [0.5, 0.6) is 0 Å². The second-order valence-corrected chi connectivity index (χ2v) is 2.14. The maximum atomic E-state index is 12.1. The number of ether oxygens (including phenoxy) is 1. The van der Waals surface area contributed by atoms with E-state index in [1.165, 1.54) is 0 Å². The summed E-state index contributed by atoms with van der Waals surface area (Å²) >= 11 is 0. The predicted octanol–water partition coefficient (Wildman–Crippen LogP) is 1.64. The Morgan fingerprint density at radius 2 is 2.27 bits per heavy atom. The van der Waals surface area contributed by atoms with E-state index in [9.17, 15) is 13.6 Å². The maximum absolute atomic E-state index is 12.1. The van der Waals surface area contributed by atoms with Crippen molar-refractivity contribution in [3.63, 3.8) is 0 Å². The van der Waals surface area contributed by atoms with Crippen LogP contribution < -0.4 is 0 Å². The molecule has 2 nitrogen and oxygen atoms in total. The number of carbonyl (C=O) groups is 1. The van der Waals surface area contributed by atoms with Crippen LogP contribution in [-0.2, 0) is 9.53 Å². The lowest BCUT2D eigenvalue weighted by molar-refractivity contribution is -0.150. The molecular weight excluding hydrogens is 154 g/mol. The van der Waals surface area contributed by atoms with Gasteiger partial charge in [-0.1, -0.05) is 13.3 Å². The van der Waals surface area contributed by atoms with Crippen LogP contribution in [0.4, 0.5) is 8.78 Å². The topological polar surface area (TPSA) is 26.3 Å². The summed E-state index contributed by atoms with van der Waals surface area (Å²) in [4.78, 5) is 10.4. The van der Waals surface area contributed by atoms with E-state index in [0.29, 0.717) is 6.42 Å². The fraction of sp³-hybridized carbons (Fsp3) is 0.857. The molecule has 4 heteroatoms. The molecule has 0 N–H and O–H groups in total. The Hall–Kier alpha value is -0.670. The minimum atomic E-state index is -2.10. The van der Waals surface area contributed by atoms with Gasteiger partial charge in [0.25, 0.3) is 0 Å². The first-order chi connectivity index (χ1) is 5.22. The van der Waals surface area contributed by atoms with Gasteiger partial charge in [-0.2, -0.15) is 0 Å². The zero-order valence-electron chi connectivity index (χ0n) is 6.48. The fourth-order valence-electron chi connectivity index (χ4n) is 0.471. The van der Waals surface area contributed by atoms with Gasteiger partial charge < -0.3 is 4.74 Å². The molecule has 0 aromatic heterocycles. The molecule has 1 atom stereocenters. The summed E-state index contributed by atoms with van der Waals surface area (Å²) in [5.41, 5.74) is 0. The van der Waals surface area contributed by atoms with Crippen LogP contribution >= 0.6 is 0 Å². The van der Waals surface area contributed by atoms with Crippen molar-refractivity contribution in [1.82, 2.24) is 0 Å².